The Morgan fingerprint density at radius 1 is 1.14 bits per heavy atom. The van der Waals surface area contributed by atoms with Gasteiger partial charge in [-0.05, 0) is 89.8 Å². The molecular formula is C29H25FIN3O. The first-order valence-electron chi connectivity index (χ1n) is 11.7. The molecule has 0 bridgehead atoms. The molecule has 2 aromatic carbocycles. The Labute approximate surface area is 218 Å². The molecule has 1 unspecified atom stereocenters. The number of hydrogen-bond acceptors (Lipinski definition) is 3. The Balaban J connectivity index is 1.50. The van der Waals surface area contributed by atoms with Gasteiger partial charge in [-0.2, -0.15) is 0 Å². The van der Waals surface area contributed by atoms with E-state index in [4.69, 9.17) is 9.97 Å². The fourth-order valence-electron chi connectivity index (χ4n) is 4.73. The van der Waals surface area contributed by atoms with Crippen LogP contribution in [-0.4, -0.2) is 15.9 Å². The van der Waals surface area contributed by atoms with E-state index in [1.807, 2.05) is 72.8 Å². The van der Waals surface area contributed by atoms with Crippen LogP contribution in [0.3, 0.4) is 0 Å². The number of allylic oxidation sites excluding steroid dienone is 4. The Kier molecular flexibility index (Phi) is 6.65. The van der Waals surface area contributed by atoms with Crippen molar-refractivity contribution >= 4 is 46.5 Å². The lowest BCUT2D eigenvalue weighted by Crippen LogP contribution is -2.37. The monoisotopic (exact) mass is 577 g/mol. The van der Waals surface area contributed by atoms with Gasteiger partial charge in [-0.3, -0.25) is 4.79 Å². The third-order valence-electron chi connectivity index (χ3n) is 6.69. The zero-order chi connectivity index (χ0) is 24.4. The van der Waals surface area contributed by atoms with Crippen molar-refractivity contribution in [3.63, 3.8) is 0 Å². The van der Waals surface area contributed by atoms with Gasteiger partial charge in [-0.15, -0.1) is 0 Å². The van der Waals surface area contributed by atoms with Crippen molar-refractivity contribution in [3.8, 4) is 0 Å². The number of aryl methyl sites for hydroxylation is 1. The minimum atomic E-state index is -0.435. The predicted molar refractivity (Wildman–Crippen MR) is 146 cm³/mol. The lowest BCUT2D eigenvalue weighted by Gasteiger charge is -2.40. The maximum atomic E-state index is 14.0. The fourth-order valence-corrected chi connectivity index (χ4v) is 5.09. The van der Waals surface area contributed by atoms with E-state index >= 15 is 0 Å². The number of benzene rings is 2. The van der Waals surface area contributed by atoms with E-state index < -0.39 is 5.41 Å². The Morgan fingerprint density at radius 3 is 2.69 bits per heavy atom. The summed E-state index contributed by atoms with van der Waals surface area (Å²) in [4.78, 5) is 22.8. The van der Waals surface area contributed by atoms with Crippen molar-refractivity contribution in [2.24, 2.45) is 5.92 Å². The number of anilines is 1. The van der Waals surface area contributed by atoms with Gasteiger partial charge < -0.3 is 5.32 Å². The van der Waals surface area contributed by atoms with Crippen LogP contribution in [0.2, 0.25) is 0 Å². The van der Waals surface area contributed by atoms with Gasteiger partial charge in [0.15, 0.2) is 5.82 Å². The minimum absolute atomic E-state index is 0.0292. The predicted octanol–water partition coefficient (Wildman–Crippen LogP) is 6.68. The Hall–Kier alpha value is -3.13. The number of amides is 1. The highest BCUT2D eigenvalue weighted by Gasteiger charge is 2.42. The average molecular weight is 577 g/mol. The number of nitrogens with zero attached hydrogens (tertiary/aromatic N) is 2. The molecule has 2 aliphatic carbocycles. The number of fused-ring (bicyclic) bond motifs is 3. The molecule has 0 spiro atoms. The number of carbonyl (C=O) groups is 1. The van der Waals surface area contributed by atoms with Crippen LogP contribution in [0.25, 0.3) is 12.2 Å². The van der Waals surface area contributed by atoms with Gasteiger partial charge in [0, 0.05) is 8.99 Å². The molecule has 0 saturated heterocycles. The first kappa shape index (κ1) is 23.6. The number of nitrogens with one attached hydrogen (secondary N) is 1. The van der Waals surface area contributed by atoms with Gasteiger partial charge in [0.1, 0.15) is 11.5 Å². The topological polar surface area (TPSA) is 54.9 Å². The third-order valence-corrected chi connectivity index (χ3v) is 7.40. The van der Waals surface area contributed by atoms with E-state index in [1.165, 1.54) is 6.08 Å². The highest BCUT2D eigenvalue weighted by Crippen LogP contribution is 2.45. The summed E-state index contributed by atoms with van der Waals surface area (Å²) in [5.74, 6) is 0.140. The van der Waals surface area contributed by atoms with Crippen LogP contribution in [0, 0.1) is 9.49 Å². The van der Waals surface area contributed by atoms with Crippen molar-refractivity contribution in [1.82, 2.24) is 9.97 Å². The van der Waals surface area contributed by atoms with Crippen LogP contribution in [0.15, 0.2) is 78.7 Å². The molecule has 0 aliphatic heterocycles. The molecule has 5 rings (SSSR count). The van der Waals surface area contributed by atoms with Gasteiger partial charge in [0.05, 0.1) is 17.8 Å². The molecule has 0 radical (unpaired) electrons. The molecule has 0 fully saturated rings. The van der Waals surface area contributed by atoms with Crippen LogP contribution in [0.1, 0.15) is 41.6 Å². The summed E-state index contributed by atoms with van der Waals surface area (Å²) in [6, 6.07) is 17.8. The van der Waals surface area contributed by atoms with E-state index in [0.29, 0.717) is 17.9 Å². The standard InChI is InChI=1S/C29H25FIN3O/c1-29-16-15-22(30)18-21(29)10-14-24-27(29)32-25(13-9-19-5-3-2-4-6-19)28(33-24)34-26(35)17-20-7-11-23(31)12-8-20/h2-9,11-13,15-16,18,21H,10,14,17H2,1H3,(H,33,34,35)/b13-9+/t21?,29-/m0/s1. The SMILES string of the molecule is C[C@]12C=CC(F)=CC1CCc1nc(NC(=O)Cc3ccc(I)cc3)c(/C=C/c3ccccc3)nc12. The lowest BCUT2D eigenvalue weighted by molar-refractivity contribution is -0.115. The van der Waals surface area contributed by atoms with Gasteiger partial charge in [0.2, 0.25) is 5.91 Å². The molecule has 1 N–H and O–H groups in total. The summed E-state index contributed by atoms with van der Waals surface area (Å²) in [7, 11) is 0. The van der Waals surface area contributed by atoms with E-state index in [-0.39, 0.29) is 24.1 Å². The molecule has 2 atom stereocenters. The second kappa shape index (κ2) is 9.85. The number of hydrogen-bond donors (Lipinski definition) is 1. The van der Waals surface area contributed by atoms with Crippen LogP contribution < -0.4 is 5.32 Å². The van der Waals surface area contributed by atoms with E-state index in [0.717, 1.165) is 32.5 Å². The summed E-state index contributed by atoms with van der Waals surface area (Å²) in [5.41, 5.74) is 3.81. The first-order valence-corrected chi connectivity index (χ1v) is 12.7. The number of halogens is 2. The summed E-state index contributed by atoms with van der Waals surface area (Å²) in [6.45, 7) is 2.09. The van der Waals surface area contributed by atoms with Crippen LogP contribution in [0.5, 0.6) is 0 Å². The summed E-state index contributed by atoms with van der Waals surface area (Å²) < 4.78 is 15.1. The van der Waals surface area contributed by atoms with Gasteiger partial charge >= 0.3 is 0 Å². The van der Waals surface area contributed by atoms with Gasteiger partial charge in [0.25, 0.3) is 0 Å². The van der Waals surface area contributed by atoms with Crippen molar-refractivity contribution in [1.29, 1.82) is 0 Å². The van der Waals surface area contributed by atoms with E-state index in [9.17, 15) is 9.18 Å². The van der Waals surface area contributed by atoms with Crippen LogP contribution in [0.4, 0.5) is 10.2 Å². The first-order chi connectivity index (χ1) is 16.9. The minimum Gasteiger partial charge on any atom is -0.309 e. The maximum Gasteiger partial charge on any atom is 0.230 e. The van der Waals surface area contributed by atoms with Crippen LogP contribution in [-0.2, 0) is 23.1 Å². The van der Waals surface area contributed by atoms with E-state index in [1.54, 1.807) is 6.08 Å². The second-order valence-electron chi connectivity index (χ2n) is 9.16. The van der Waals surface area contributed by atoms with Gasteiger partial charge in [-0.1, -0.05) is 54.6 Å². The Bertz CT molecular complexity index is 1350. The molecule has 35 heavy (non-hydrogen) atoms. The molecule has 1 aromatic heterocycles. The molecule has 3 aromatic rings. The van der Waals surface area contributed by atoms with Crippen LogP contribution >= 0.6 is 22.6 Å². The smallest absolute Gasteiger partial charge is 0.230 e. The lowest BCUT2D eigenvalue weighted by atomic mass is 9.66. The number of aromatic nitrogens is 2. The highest BCUT2D eigenvalue weighted by atomic mass is 127. The average Bonchev–Trinajstić information content (AvgIpc) is 2.85. The van der Waals surface area contributed by atoms with Crippen molar-refractivity contribution < 1.29 is 9.18 Å². The number of carbonyl (C=O) groups excluding carboxylic acids is 1. The largest absolute Gasteiger partial charge is 0.309 e. The molecule has 6 heteroatoms. The molecule has 4 nitrogen and oxygen atoms in total. The quantitative estimate of drug-likeness (QED) is 0.345. The van der Waals surface area contributed by atoms with Crippen molar-refractivity contribution in [2.75, 3.05) is 5.32 Å². The summed E-state index contributed by atoms with van der Waals surface area (Å²) >= 11 is 2.25. The fraction of sp³-hybridized carbons (Fsp3) is 0.207. The molecule has 0 saturated carbocycles. The van der Waals surface area contributed by atoms with Crippen molar-refractivity contribution in [3.05, 3.63) is 110 Å². The van der Waals surface area contributed by atoms with Crippen molar-refractivity contribution in [2.45, 2.75) is 31.6 Å². The van der Waals surface area contributed by atoms with Gasteiger partial charge in [-0.25, -0.2) is 14.4 Å². The summed E-state index contributed by atoms with van der Waals surface area (Å²) in [6.07, 6.45) is 10.7. The normalized spacial score (nSPS) is 20.8. The molecule has 176 valence electrons. The second-order valence-corrected chi connectivity index (χ2v) is 10.4. The summed E-state index contributed by atoms with van der Waals surface area (Å²) in [5, 5.41) is 3.00. The number of rotatable bonds is 5. The molecule has 2 aliphatic rings. The van der Waals surface area contributed by atoms with E-state index in [2.05, 4.69) is 34.8 Å². The third kappa shape index (κ3) is 5.12. The molecule has 1 amide bonds. The zero-order valence-electron chi connectivity index (χ0n) is 19.3. The maximum absolute atomic E-state index is 14.0. The molecule has 1 heterocycles. The zero-order valence-corrected chi connectivity index (χ0v) is 21.5. The molecular weight excluding hydrogens is 552 g/mol. The highest BCUT2D eigenvalue weighted by molar-refractivity contribution is 14.1. The Morgan fingerprint density at radius 2 is 1.91 bits per heavy atom.